The number of amides is 1. The molecule has 94 valence electrons. The van der Waals surface area contributed by atoms with E-state index in [1.165, 1.54) is 18.2 Å². The highest BCUT2D eigenvalue weighted by molar-refractivity contribution is 6.11. The molecule has 0 radical (unpaired) electrons. The van der Waals surface area contributed by atoms with E-state index in [-0.39, 0.29) is 29.6 Å². The largest absolute Gasteiger partial charge is 0.480 e. The van der Waals surface area contributed by atoms with E-state index >= 15 is 0 Å². The SMILES string of the molecule is CCOC1=NN(c2ccccc2[N+](=O)[O-])C(=O)C1. The number of benzene rings is 1. The lowest BCUT2D eigenvalue weighted by molar-refractivity contribution is -0.384. The van der Waals surface area contributed by atoms with Crippen LogP contribution in [0, 0.1) is 10.1 Å². The molecule has 0 fully saturated rings. The Morgan fingerprint density at radius 2 is 2.22 bits per heavy atom. The summed E-state index contributed by atoms with van der Waals surface area (Å²) in [7, 11) is 0. The van der Waals surface area contributed by atoms with Crippen LogP contribution in [0.3, 0.4) is 0 Å². The van der Waals surface area contributed by atoms with Gasteiger partial charge in [0.25, 0.3) is 11.6 Å². The summed E-state index contributed by atoms with van der Waals surface area (Å²) < 4.78 is 5.14. The number of ether oxygens (including phenoxy) is 1. The Labute approximate surface area is 103 Å². The Hall–Kier alpha value is -2.44. The van der Waals surface area contributed by atoms with Crippen molar-refractivity contribution in [3.05, 3.63) is 34.4 Å². The predicted molar refractivity (Wildman–Crippen MR) is 64.3 cm³/mol. The highest BCUT2D eigenvalue weighted by atomic mass is 16.6. The molecule has 0 saturated heterocycles. The van der Waals surface area contributed by atoms with Crippen molar-refractivity contribution in [2.45, 2.75) is 13.3 Å². The van der Waals surface area contributed by atoms with Gasteiger partial charge < -0.3 is 4.74 Å². The average Bonchev–Trinajstić information content (AvgIpc) is 2.70. The normalized spacial score (nSPS) is 14.6. The molecule has 0 N–H and O–H groups in total. The number of carbonyl (C=O) groups is 1. The van der Waals surface area contributed by atoms with Crippen molar-refractivity contribution in [3.8, 4) is 0 Å². The van der Waals surface area contributed by atoms with E-state index < -0.39 is 4.92 Å². The standard InChI is InChI=1S/C11H11N3O4/c1-2-18-10-7-11(15)13(12-10)8-5-3-4-6-9(8)14(16)17/h3-6H,2,7H2,1H3. The first-order valence-corrected chi connectivity index (χ1v) is 5.40. The molecule has 0 aliphatic carbocycles. The van der Waals surface area contributed by atoms with Crippen molar-refractivity contribution in [2.24, 2.45) is 5.10 Å². The zero-order valence-electron chi connectivity index (χ0n) is 9.70. The van der Waals surface area contributed by atoms with E-state index in [0.29, 0.717) is 6.61 Å². The fraction of sp³-hybridized carbons (Fsp3) is 0.273. The number of hydrogen-bond acceptors (Lipinski definition) is 5. The highest BCUT2D eigenvalue weighted by Gasteiger charge is 2.30. The summed E-state index contributed by atoms with van der Waals surface area (Å²) in [5.41, 5.74) is -0.00504. The van der Waals surface area contributed by atoms with Crippen LogP contribution in [0.15, 0.2) is 29.4 Å². The van der Waals surface area contributed by atoms with Gasteiger partial charge in [-0.1, -0.05) is 12.1 Å². The average molecular weight is 249 g/mol. The Bertz CT molecular complexity index is 527. The summed E-state index contributed by atoms with van der Waals surface area (Å²) in [6, 6.07) is 5.96. The van der Waals surface area contributed by atoms with Crippen LogP contribution in [0.5, 0.6) is 0 Å². The quantitative estimate of drug-likeness (QED) is 0.602. The molecule has 0 aromatic heterocycles. The molecule has 7 heteroatoms. The highest BCUT2D eigenvalue weighted by Crippen LogP contribution is 2.30. The molecule has 1 heterocycles. The van der Waals surface area contributed by atoms with E-state index in [9.17, 15) is 14.9 Å². The van der Waals surface area contributed by atoms with Crippen LogP contribution in [0.4, 0.5) is 11.4 Å². The van der Waals surface area contributed by atoms with Crippen molar-refractivity contribution >= 4 is 23.2 Å². The second kappa shape index (κ2) is 4.82. The molecule has 1 amide bonds. The van der Waals surface area contributed by atoms with Crippen molar-refractivity contribution < 1.29 is 14.5 Å². The Morgan fingerprint density at radius 1 is 1.50 bits per heavy atom. The van der Waals surface area contributed by atoms with Crippen molar-refractivity contribution in [2.75, 3.05) is 11.6 Å². The molecule has 0 bridgehead atoms. The van der Waals surface area contributed by atoms with E-state index in [0.717, 1.165) is 5.01 Å². The van der Waals surface area contributed by atoms with Crippen molar-refractivity contribution in [3.63, 3.8) is 0 Å². The number of nitro benzene ring substituents is 1. The molecule has 0 unspecified atom stereocenters. The van der Waals surface area contributed by atoms with E-state index in [1.54, 1.807) is 13.0 Å². The fourth-order valence-electron chi connectivity index (χ4n) is 1.64. The second-order valence-electron chi connectivity index (χ2n) is 3.55. The van der Waals surface area contributed by atoms with Crippen LogP contribution in [-0.4, -0.2) is 23.3 Å². The number of nitrogens with zero attached hydrogens (tertiary/aromatic N) is 3. The van der Waals surface area contributed by atoms with Gasteiger partial charge in [0.1, 0.15) is 12.1 Å². The zero-order valence-corrected chi connectivity index (χ0v) is 9.70. The van der Waals surface area contributed by atoms with Gasteiger partial charge in [-0.15, -0.1) is 5.10 Å². The number of hydrogen-bond donors (Lipinski definition) is 0. The maximum atomic E-state index is 11.7. The number of carbonyl (C=O) groups excluding carboxylic acids is 1. The molecule has 7 nitrogen and oxygen atoms in total. The van der Waals surface area contributed by atoms with Crippen LogP contribution in [0.25, 0.3) is 0 Å². The number of anilines is 1. The number of nitro groups is 1. The fourth-order valence-corrected chi connectivity index (χ4v) is 1.64. The Balaban J connectivity index is 2.37. The lowest BCUT2D eigenvalue weighted by atomic mass is 10.2. The second-order valence-corrected chi connectivity index (χ2v) is 3.55. The maximum Gasteiger partial charge on any atom is 0.295 e. The van der Waals surface area contributed by atoms with Crippen LogP contribution in [-0.2, 0) is 9.53 Å². The molecule has 0 atom stereocenters. The topological polar surface area (TPSA) is 85.0 Å². The van der Waals surface area contributed by atoms with Gasteiger partial charge >= 0.3 is 0 Å². The van der Waals surface area contributed by atoms with Gasteiger partial charge in [-0.2, -0.15) is 5.01 Å². The number of hydrazone groups is 1. The van der Waals surface area contributed by atoms with E-state index in [2.05, 4.69) is 5.10 Å². The van der Waals surface area contributed by atoms with Crippen LogP contribution in [0.1, 0.15) is 13.3 Å². The minimum absolute atomic E-state index is 0.0277. The lowest BCUT2D eigenvalue weighted by Crippen LogP contribution is -2.20. The van der Waals surface area contributed by atoms with Gasteiger partial charge in [0.15, 0.2) is 0 Å². The van der Waals surface area contributed by atoms with Gasteiger partial charge in [0.05, 0.1) is 11.5 Å². The molecule has 18 heavy (non-hydrogen) atoms. The molecule has 0 saturated carbocycles. The van der Waals surface area contributed by atoms with E-state index in [4.69, 9.17) is 4.74 Å². The molecule has 1 aliphatic heterocycles. The summed E-state index contributed by atoms with van der Waals surface area (Å²) in [6.07, 6.45) is 0.0277. The Morgan fingerprint density at radius 3 is 2.89 bits per heavy atom. The molecule has 1 aliphatic rings. The van der Waals surface area contributed by atoms with Crippen molar-refractivity contribution in [1.82, 2.24) is 0 Å². The summed E-state index contributed by atoms with van der Waals surface area (Å²) in [5.74, 6) is -0.0617. The monoisotopic (exact) mass is 249 g/mol. The number of para-hydroxylation sites is 2. The number of rotatable bonds is 3. The first-order valence-electron chi connectivity index (χ1n) is 5.40. The zero-order chi connectivity index (χ0) is 13.1. The molecular formula is C11H11N3O4. The van der Waals surface area contributed by atoms with Gasteiger partial charge in [-0.05, 0) is 13.0 Å². The molecule has 0 spiro atoms. The predicted octanol–water partition coefficient (Wildman–Crippen LogP) is 1.68. The van der Waals surface area contributed by atoms with Crippen LogP contribution >= 0.6 is 0 Å². The van der Waals surface area contributed by atoms with Crippen LogP contribution < -0.4 is 5.01 Å². The molecular weight excluding hydrogens is 238 g/mol. The minimum atomic E-state index is -0.545. The Kier molecular flexibility index (Phi) is 3.22. The van der Waals surface area contributed by atoms with Crippen molar-refractivity contribution in [1.29, 1.82) is 0 Å². The summed E-state index contributed by atoms with van der Waals surface area (Å²) >= 11 is 0. The summed E-state index contributed by atoms with van der Waals surface area (Å²) in [6.45, 7) is 2.18. The maximum absolute atomic E-state index is 11.7. The first-order chi connectivity index (χ1) is 8.63. The van der Waals surface area contributed by atoms with Crippen LogP contribution in [0.2, 0.25) is 0 Å². The smallest absolute Gasteiger partial charge is 0.295 e. The van der Waals surface area contributed by atoms with Gasteiger partial charge in [0.2, 0.25) is 5.90 Å². The van der Waals surface area contributed by atoms with Gasteiger partial charge in [-0.3, -0.25) is 14.9 Å². The third-order valence-corrected chi connectivity index (χ3v) is 2.37. The third-order valence-electron chi connectivity index (χ3n) is 2.37. The first kappa shape index (κ1) is 12.0. The third kappa shape index (κ3) is 2.15. The minimum Gasteiger partial charge on any atom is -0.480 e. The van der Waals surface area contributed by atoms with Gasteiger partial charge in [-0.25, -0.2) is 0 Å². The lowest BCUT2D eigenvalue weighted by Gasteiger charge is -2.10. The summed E-state index contributed by atoms with van der Waals surface area (Å²) in [4.78, 5) is 22.1. The van der Waals surface area contributed by atoms with Gasteiger partial charge in [0, 0.05) is 6.07 Å². The molecule has 2 rings (SSSR count). The van der Waals surface area contributed by atoms with E-state index in [1.807, 2.05) is 0 Å². The molecule has 1 aromatic carbocycles. The summed E-state index contributed by atoms with van der Waals surface area (Å²) in [5, 5.41) is 15.8. The molecule has 1 aromatic rings.